The molecule has 1 aromatic carbocycles. The summed E-state index contributed by atoms with van der Waals surface area (Å²) >= 11 is 0. The zero-order valence-electron chi connectivity index (χ0n) is 12.9. The van der Waals surface area contributed by atoms with Gasteiger partial charge < -0.3 is 19.4 Å². The fourth-order valence-electron chi connectivity index (χ4n) is 3.10. The van der Waals surface area contributed by atoms with Gasteiger partial charge in [0.1, 0.15) is 5.76 Å². The van der Waals surface area contributed by atoms with E-state index in [1.54, 1.807) is 7.11 Å². The molecule has 3 rings (SSSR count). The highest BCUT2D eigenvalue weighted by Crippen LogP contribution is 2.28. The lowest BCUT2D eigenvalue weighted by molar-refractivity contribution is 0.337. The van der Waals surface area contributed by atoms with Crippen LogP contribution in [0, 0.1) is 5.92 Å². The van der Waals surface area contributed by atoms with Gasteiger partial charge in [0.05, 0.1) is 13.7 Å². The SMILES string of the molecule is CCN1CCC(CNCc2cc3cccc(OC)c3o2)C1. The molecule has 1 saturated heterocycles. The van der Waals surface area contributed by atoms with Gasteiger partial charge in [0, 0.05) is 11.9 Å². The largest absolute Gasteiger partial charge is 0.493 e. The molecule has 0 bridgehead atoms. The molecule has 0 saturated carbocycles. The summed E-state index contributed by atoms with van der Waals surface area (Å²) in [5, 5.41) is 4.63. The van der Waals surface area contributed by atoms with Crippen LogP contribution in [0.25, 0.3) is 11.0 Å². The van der Waals surface area contributed by atoms with Crippen LogP contribution < -0.4 is 10.1 Å². The number of nitrogens with zero attached hydrogens (tertiary/aromatic N) is 1. The summed E-state index contributed by atoms with van der Waals surface area (Å²) in [4.78, 5) is 2.51. The van der Waals surface area contributed by atoms with Crippen LogP contribution in [0.5, 0.6) is 5.75 Å². The van der Waals surface area contributed by atoms with E-state index in [4.69, 9.17) is 9.15 Å². The molecule has 4 heteroatoms. The molecule has 1 N–H and O–H groups in total. The number of nitrogens with one attached hydrogen (secondary N) is 1. The minimum absolute atomic E-state index is 0.767. The lowest BCUT2D eigenvalue weighted by atomic mass is 10.1. The first-order chi connectivity index (χ1) is 10.3. The molecule has 4 nitrogen and oxygen atoms in total. The molecule has 0 spiro atoms. The second-order valence-corrected chi connectivity index (χ2v) is 5.77. The van der Waals surface area contributed by atoms with Crippen molar-refractivity contribution in [2.24, 2.45) is 5.92 Å². The van der Waals surface area contributed by atoms with Crippen LogP contribution in [-0.2, 0) is 6.54 Å². The van der Waals surface area contributed by atoms with Crippen molar-refractivity contribution in [3.8, 4) is 5.75 Å². The van der Waals surface area contributed by atoms with Gasteiger partial charge >= 0.3 is 0 Å². The Balaban J connectivity index is 1.56. The Morgan fingerprint density at radius 3 is 3.10 bits per heavy atom. The zero-order valence-corrected chi connectivity index (χ0v) is 12.9. The summed E-state index contributed by atoms with van der Waals surface area (Å²) in [6, 6.07) is 8.07. The van der Waals surface area contributed by atoms with E-state index in [2.05, 4.69) is 29.3 Å². The summed E-state index contributed by atoms with van der Waals surface area (Å²) in [6.07, 6.45) is 1.30. The van der Waals surface area contributed by atoms with Gasteiger partial charge in [-0.3, -0.25) is 0 Å². The van der Waals surface area contributed by atoms with Crippen LogP contribution >= 0.6 is 0 Å². The first-order valence-corrected chi connectivity index (χ1v) is 7.78. The number of rotatable bonds is 6. The Kier molecular flexibility index (Phi) is 4.46. The molecule has 0 amide bonds. The van der Waals surface area contributed by atoms with E-state index in [0.29, 0.717) is 0 Å². The van der Waals surface area contributed by atoms with E-state index in [9.17, 15) is 0 Å². The Labute approximate surface area is 126 Å². The van der Waals surface area contributed by atoms with Gasteiger partial charge in [-0.2, -0.15) is 0 Å². The predicted octanol–water partition coefficient (Wildman–Crippen LogP) is 2.87. The highest BCUT2D eigenvalue weighted by atomic mass is 16.5. The van der Waals surface area contributed by atoms with Crippen molar-refractivity contribution < 1.29 is 9.15 Å². The second-order valence-electron chi connectivity index (χ2n) is 5.77. The Morgan fingerprint density at radius 2 is 2.33 bits per heavy atom. The summed E-state index contributed by atoms with van der Waals surface area (Å²) in [5.41, 5.74) is 0.842. The number of para-hydroxylation sites is 1. The topological polar surface area (TPSA) is 37.6 Å². The number of hydrogen-bond donors (Lipinski definition) is 1. The number of ether oxygens (including phenoxy) is 1. The summed E-state index contributed by atoms with van der Waals surface area (Å²) in [5.74, 6) is 2.54. The van der Waals surface area contributed by atoms with Crippen molar-refractivity contribution in [3.05, 3.63) is 30.0 Å². The van der Waals surface area contributed by atoms with Crippen LogP contribution in [0.2, 0.25) is 0 Å². The number of likely N-dealkylation sites (tertiary alicyclic amines) is 1. The average molecular weight is 288 g/mol. The fraction of sp³-hybridized carbons (Fsp3) is 0.529. The van der Waals surface area contributed by atoms with Gasteiger partial charge in [0.15, 0.2) is 11.3 Å². The minimum atomic E-state index is 0.767. The van der Waals surface area contributed by atoms with Gasteiger partial charge in [-0.1, -0.05) is 19.1 Å². The van der Waals surface area contributed by atoms with E-state index in [0.717, 1.165) is 41.5 Å². The first-order valence-electron chi connectivity index (χ1n) is 7.78. The van der Waals surface area contributed by atoms with Crippen molar-refractivity contribution in [1.29, 1.82) is 0 Å². The van der Waals surface area contributed by atoms with E-state index in [1.165, 1.54) is 26.1 Å². The molecule has 114 valence electrons. The summed E-state index contributed by atoms with van der Waals surface area (Å²) in [7, 11) is 1.68. The Morgan fingerprint density at radius 1 is 1.43 bits per heavy atom. The van der Waals surface area contributed by atoms with Crippen LogP contribution in [0.1, 0.15) is 19.1 Å². The highest BCUT2D eigenvalue weighted by molar-refractivity contribution is 5.83. The van der Waals surface area contributed by atoms with Crippen LogP contribution in [0.3, 0.4) is 0 Å². The lowest BCUT2D eigenvalue weighted by Crippen LogP contribution is -2.26. The standard InChI is InChI=1S/C17H24N2O2/c1-3-19-8-7-13(12-19)10-18-11-15-9-14-5-4-6-16(20-2)17(14)21-15/h4-6,9,13,18H,3,7-8,10-12H2,1-2H3. The number of benzene rings is 1. The van der Waals surface area contributed by atoms with Gasteiger partial charge in [-0.25, -0.2) is 0 Å². The molecular formula is C17H24N2O2. The number of methoxy groups -OCH3 is 1. The zero-order chi connectivity index (χ0) is 14.7. The van der Waals surface area contributed by atoms with Gasteiger partial charge in [-0.15, -0.1) is 0 Å². The molecule has 1 atom stereocenters. The van der Waals surface area contributed by atoms with E-state index >= 15 is 0 Å². The minimum Gasteiger partial charge on any atom is -0.493 e. The molecule has 1 aromatic heterocycles. The molecule has 1 aliphatic rings. The third-order valence-electron chi connectivity index (χ3n) is 4.33. The fourth-order valence-corrected chi connectivity index (χ4v) is 3.10. The van der Waals surface area contributed by atoms with E-state index in [1.807, 2.05) is 12.1 Å². The summed E-state index contributed by atoms with van der Waals surface area (Å²) < 4.78 is 11.2. The smallest absolute Gasteiger partial charge is 0.176 e. The average Bonchev–Trinajstić information content (AvgIpc) is 3.12. The van der Waals surface area contributed by atoms with Gasteiger partial charge in [0.2, 0.25) is 0 Å². The van der Waals surface area contributed by atoms with Crippen molar-refractivity contribution in [3.63, 3.8) is 0 Å². The second kappa shape index (κ2) is 6.50. The van der Waals surface area contributed by atoms with E-state index < -0.39 is 0 Å². The monoisotopic (exact) mass is 288 g/mol. The molecule has 0 aliphatic carbocycles. The quantitative estimate of drug-likeness (QED) is 0.887. The third-order valence-corrected chi connectivity index (χ3v) is 4.33. The maximum atomic E-state index is 5.90. The number of hydrogen-bond acceptors (Lipinski definition) is 4. The number of fused-ring (bicyclic) bond motifs is 1. The predicted molar refractivity (Wildman–Crippen MR) is 84.7 cm³/mol. The third kappa shape index (κ3) is 3.22. The molecule has 1 fully saturated rings. The molecular weight excluding hydrogens is 264 g/mol. The van der Waals surface area contributed by atoms with Crippen molar-refractivity contribution in [1.82, 2.24) is 10.2 Å². The first kappa shape index (κ1) is 14.4. The molecule has 1 aliphatic heterocycles. The van der Waals surface area contributed by atoms with Crippen LogP contribution in [0.15, 0.2) is 28.7 Å². The van der Waals surface area contributed by atoms with Crippen LogP contribution in [-0.4, -0.2) is 38.2 Å². The molecule has 0 radical (unpaired) electrons. The Hall–Kier alpha value is -1.52. The van der Waals surface area contributed by atoms with E-state index in [-0.39, 0.29) is 0 Å². The van der Waals surface area contributed by atoms with Gasteiger partial charge in [0.25, 0.3) is 0 Å². The lowest BCUT2D eigenvalue weighted by Gasteiger charge is -2.13. The summed E-state index contributed by atoms with van der Waals surface area (Å²) in [6.45, 7) is 7.70. The van der Waals surface area contributed by atoms with Crippen molar-refractivity contribution in [2.75, 3.05) is 33.3 Å². The molecule has 2 heterocycles. The van der Waals surface area contributed by atoms with Crippen molar-refractivity contribution in [2.45, 2.75) is 19.9 Å². The normalized spacial score (nSPS) is 19.4. The highest BCUT2D eigenvalue weighted by Gasteiger charge is 2.20. The van der Waals surface area contributed by atoms with Crippen molar-refractivity contribution >= 4 is 11.0 Å². The molecule has 21 heavy (non-hydrogen) atoms. The number of furan rings is 1. The Bertz CT molecular complexity index is 593. The van der Waals surface area contributed by atoms with Crippen LogP contribution in [0.4, 0.5) is 0 Å². The molecule has 2 aromatic rings. The van der Waals surface area contributed by atoms with Gasteiger partial charge in [-0.05, 0) is 44.1 Å². The maximum absolute atomic E-state index is 5.90. The molecule has 1 unspecified atom stereocenters. The maximum Gasteiger partial charge on any atom is 0.176 e.